The van der Waals surface area contributed by atoms with Crippen LogP contribution in [0.25, 0.3) is 10.4 Å². The molecule has 0 radical (unpaired) electrons. The zero-order valence-electron chi connectivity index (χ0n) is 10.3. The van der Waals surface area contributed by atoms with Crippen molar-refractivity contribution in [1.82, 2.24) is 0 Å². The zero-order chi connectivity index (χ0) is 12.6. The molecule has 0 aliphatic carbocycles. The van der Waals surface area contributed by atoms with Crippen molar-refractivity contribution in [2.75, 3.05) is 5.73 Å². The summed E-state index contributed by atoms with van der Waals surface area (Å²) in [5.41, 5.74) is 6.69. The largest absolute Gasteiger partial charge is 0.396 e. The molecule has 1 heterocycles. The van der Waals surface area contributed by atoms with Crippen LogP contribution < -0.4 is 5.73 Å². The molecule has 1 aromatic carbocycles. The number of nitrogen functional groups attached to an aromatic ring is 1. The van der Waals surface area contributed by atoms with Crippen molar-refractivity contribution >= 4 is 17.0 Å². The van der Waals surface area contributed by atoms with E-state index >= 15 is 0 Å². The van der Waals surface area contributed by atoms with Gasteiger partial charge in [-0.25, -0.2) is 4.39 Å². The molecule has 1 aromatic heterocycles. The quantitative estimate of drug-likeness (QED) is 0.743. The van der Waals surface area contributed by atoms with Crippen LogP contribution in [0.2, 0.25) is 0 Å². The van der Waals surface area contributed by atoms with Gasteiger partial charge < -0.3 is 5.73 Å². The second-order valence-corrected chi connectivity index (χ2v) is 6.23. The first-order valence-corrected chi connectivity index (χ1v) is 6.35. The maximum Gasteiger partial charge on any atom is 0.146 e. The lowest BCUT2D eigenvalue weighted by atomic mass is 9.95. The van der Waals surface area contributed by atoms with E-state index in [-0.39, 0.29) is 16.9 Å². The van der Waals surface area contributed by atoms with Crippen molar-refractivity contribution in [1.29, 1.82) is 0 Å². The Balaban J connectivity index is 2.40. The summed E-state index contributed by atoms with van der Waals surface area (Å²) in [6.45, 7) is 6.52. The predicted octanol–water partition coefficient (Wildman–Crippen LogP) is 4.43. The highest BCUT2D eigenvalue weighted by atomic mass is 32.1. The van der Waals surface area contributed by atoms with Gasteiger partial charge in [-0.3, -0.25) is 0 Å². The highest BCUT2D eigenvalue weighted by molar-refractivity contribution is 7.15. The van der Waals surface area contributed by atoms with Gasteiger partial charge in [0.1, 0.15) is 5.82 Å². The fourth-order valence-corrected chi connectivity index (χ4v) is 2.64. The second-order valence-electron chi connectivity index (χ2n) is 5.15. The maximum atomic E-state index is 13.4. The first-order valence-electron chi connectivity index (χ1n) is 5.53. The third-order valence-corrected chi connectivity index (χ3v) is 4.19. The fourth-order valence-electron chi connectivity index (χ4n) is 1.58. The molecule has 2 N–H and O–H groups in total. The molecule has 2 rings (SSSR count). The highest BCUT2D eigenvalue weighted by Crippen LogP contribution is 2.35. The van der Waals surface area contributed by atoms with E-state index < -0.39 is 0 Å². The monoisotopic (exact) mass is 249 g/mol. The fraction of sp³-hybridized carbons (Fsp3) is 0.286. The highest BCUT2D eigenvalue weighted by Gasteiger charge is 2.16. The zero-order valence-corrected chi connectivity index (χ0v) is 11.1. The topological polar surface area (TPSA) is 26.0 Å². The Bertz CT molecular complexity index is 537. The predicted molar refractivity (Wildman–Crippen MR) is 72.8 cm³/mol. The maximum absolute atomic E-state index is 13.4. The van der Waals surface area contributed by atoms with E-state index in [0.29, 0.717) is 0 Å². The number of anilines is 1. The van der Waals surface area contributed by atoms with E-state index in [0.717, 1.165) is 10.4 Å². The van der Waals surface area contributed by atoms with Crippen LogP contribution in [-0.4, -0.2) is 0 Å². The molecule has 3 heteroatoms. The van der Waals surface area contributed by atoms with Crippen LogP contribution in [0.5, 0.6) is 0 Å². The minimum atomic E-state index is -0.354. The molecule has 17 heavy (non-hydrogen) atoms. The number of rotatable bonds is 1. The molecule has 90 valence electrons. The Morgan fingerprint density at radius 3 is 2.35 bits per heavy atom. The number of halogens is 1. The molecule has 0 spiro atoms. The summed E-state index contributed by atoms with van der Waals surface area (Å²) in [7, 11) is 0. The first kappa shape index (κ1) is 12.1. The lowest BCUT2D eigenvalue weighted by molar-refractivity contribution is 0.604. The van der Waals surface area contributed by atoms with Crippen molar-refractivity contribution in [3.63, 3.8) is 0 Å². The van der Waals surface area contributed by atoms with Gasteiger partial charge in [-0.15, -0.1) is 11.3 Å². The van der Waals surface area contributed by atoms with Gasteiger partial charge in [-0.1, -0.05) is 26.8 Å². The molecule has 0 saturated carbocycles. The van der Waals surface area contributed by atoms with Crippen LogP contribution in [0.4, 0.5) is 10.1 Å². The van der Waals surface area contributed by atoms with Crippen molar-refractivity contribution in [2.24, 2.45) is 0 Å². The van der Waals surface area contributed by atoms with E-state index in [2.05, 4.69) is 26.8 Å². The average molecular weight is 249 g/mol. The van der Waals surface area contributed by atoms with Crippen LogP contribution in [-0.2, 0) is 5.41 Å². The normalized spacial score (nSPS) is 11.8. The van der Waals surface area contributed by atoms with Crippen molar-refractivity contribution in [3.8, 4) is 10.4 Å². The summed E-state index contributed by atoms with van der Waals surface area (Å²) >= 11 is 1.70. The van der Waals surface area contributed by atoms with Crippen molar-refractivity contribution in [2.45, 2.75) is 26.2 Å². The number of hydrogen-bond donors (Lipinski definition) is 1. The molecule has 0 aliphatic rings. The van der Waals surface area contributed by atoms with E-state index in [1.807, 2.05) is 12.1 Å². The van der Waals surface area contributed by atoms with Gasteiger partial charge in [0.25, 0.3) is 0 Å². The SMILES string of the molecule is CC(C)(C)c1ccc(-c2ccc(N)c(F)c2)s1. The lowest BCUT2D eigenvalue weighted by Gasteiger charge is -2.15. The Labute approximate surface area is 105 Å². The molecule has 0 aliphatic heterocycles. The van der Waals surface area contributed by atoms with Crippen LogP contribution in [0, 0.1) is 5.82 Å². The Morgan fingerprint density at radius 1 is 1.12 bits per heavy atom. The molecule has 1 nitrogen and oxygen atoms in total. The summed E-state index contributed by atoms with van der Waals surface area (Å²) < 4.78 is 13.4. The van der Waals surface area contributed by atoms with Gasteiger partial charge >= 0.3 is 0 Å². The number of hydrogen-bond acceptors (Lipinski definition) is 2. The van der Waals surface area contributed by atoms with Crippen LogP contribution in [0.15, 0.2) is 30.3 Å². The minimum Gasteiger partial charge on any atom is -0.396 e. The number of nitrogens with two attached hydrogens (primary N) is 1. The van der Waals surface area contributed by atoms with Crippen LogP contribution in [0.3, 0.4) is 0 Å². The molecule has 0 atom stereocenters. The average Bonchev–Trinajstić information content (AvgIpc) is 2.70. The summed E-state index contributed by atoms with van der Waals surface area (Å²) in [6.07, 6.45) is 0. The summed E-state index contributed by atoms with van der Waals surface area (Å²) in [5.74, 6) is -0.354. The number of thiophene rings is 1. The van der Waals surface area contributed by atoms with Crippen molar-refractivity contribution in [3.05, 3.63) is 41.0 Å². The molecule has 0 fully saturated rings. The first-order chi connectivity index (χ1) is 7.88. The standard InChI is InChI=1S/C14H16FNS/c1-14(2,3)13-7-6-12(17-13)9-4-5-11(16)10(15)8-9/h4-8H,16H2,1-3H3. The summed E-state index contributed by atoms with van der Waals surface area (Å²) in [4.78, 5) is 2.37. The van der Waals surface area contributed by atoms with E-state index in [4.69, 9.17) is 5.73 Å². The van der Waals surface area contributed by atoms with Crippen LogP contribution in [0.1, 0.15) is 25.6 Å². The van der Waals surface area contributed by atoms with Gasteiger partial charge in [0, 0.05) is 9.75 Å². The van der Waals surface area contributed by atoms with Crippen molar-refractivity contribution < 1.29 is 4.39 Å². The second kappa shape index (κ2) is 4.15. The van der Waals surface area contributed by atoms with E-state index in [9.17, 15) is 4.39 Å². The summed E-state index contributed by atoms with van der Waals surface area (Å²) in [5, 5.41) is 0. The molecular formula is C14H16FNS. The molecule has 0 saturated heterocycles. The van der Waals surface area contributed by atoms with Gasteiger partial charge in [0.2, 0.25) is 0 Å². The lowest BCUT2D eigenvalue weighted by Crippen LogP contribution is -2.07. The molecule has 0 bridgehead atoms. The third-order valence-electron chi connectivity index (χ3n) is 2.63. The molecule has 0 unspecified atom stereocenters. The molecular weight excluding hydrogens is 233 g/mol. The van der Waals surface area contributed by atoms with E-state index in [1.165, 1.54) is 10.9 Å². The Kier molecular flexibility index (Phi) is 2.96. The Hall–Kier alpha value is -1.35. The van der Waals surface area contributed by atoms with Gasteiger partial charge in [-0.2, -0.15) is 0 Å². The number of benzene rings is 1. The summed E-state index contributed by atoms with van der Waals surface area (Å²) in [6, 6.07) is 9.11. The minimum absolute atomic E-state index is 0.134. The molecule has 0 amide bonds. The van der Waals surface area contributed by atoms with Gasteiger partial charge in [-0.05, 0) is 35.2 Å². The molecule has 2 aromatic rings. The Morgan fingerprint density at radius 2 is 1.82 bits per heavy atom. The smallest absolute Gasteiger partial charge is 0.146 e. The van der Waals surface area contributed by atoms with Gasteiger partial charge in [0.15, 0.2) is 0 Å². The van der Waals surface area contributed by atoms with Gasteiger partial charge in [0.05, 0.1) is 5.69 Å². The third kappa shape index (κ3) is 2.50. The van der Waals surface area contributed by atoms with E-state index in [1.54, 1.807) is 17.4 Å². The van der Waals surface area contributed by atoms with Crippen LogP contribution >= 0.6 is 11.3 Å².